The number of hydrogen-bond acceptors (Lipinski definition) is 9. The first-order chi connectivity index (χ1) is 17.8. The van der Waals surface area contributed by atoms with Crippen molar-refractivity contribution in [3.8, 4) is 22.8 Å². The third-order valence-electron chi connectivity index (χ3n) is 5.48. The summed E-state index contributed by atoms with van der Waals surface area (Å²) in [5, 5.41) is 21.6. The van der Waals surface area contributed by atoms with E-state index in [0.29, 0.717) is 11.1 Å². The summed E-state index contributed by atoms with van der Waals surface area (Å²) in [5.74, 6) is -1.76. The van der Waals surface area contributed by atoms with E-state index in [1.54, 1.807) is 68.4 Å². The molecule has 1 amide bonds. The molecule has 1 unspecified atom stereocenters. The van der Waals surface area contributed by atoms with Crippen LogP contribution in [-0.2, 0) is 11.3 Å². The van der Waals surface area contributed by atoms with E-state index in [1.165, 1.54) is 0 Å². The van der Waals surface area contributed by atoms with E-state index >= 15 is 0 Å². The second kappa shape index (κ2) is 10.7. The van der Waals surface area contributed by atoms with Crippen LogP contribution in [0.1, 0.15) is 24.5 Å². The first-order valence-corrected chi connectivity index (χ1v) is 11.3. The Kier molecular flexibility index (Phi) is 7.28. The van der Waals surface area contributed by atoms with Crippen molar-refractivity contribution in [3.05, 3.63) is 93.2 Å². The Morgan fingerprint density at radius 1 is 1.03 bits per heavy atom. The SMILES string of the molecule is CC(C)C(NC(=O)Cn1c(-c2ccccc2)ncc([N+](=O)[O-])c1=O)C(=O)c1nnc(-c2ccccc2)o1. The molecule has 12 heteroatoms. The maximum Gasteiger partial charge on any atom is 0.352 e. The molecular formula is C25H22N6O6. The number of ketones is 1. The number of nitrogens with zero attached hydrogens (tertiary/aromatic N) is 5. The monoisotopic (exact) mass is 502 g/mol. The Morgan fingerprint density at radius 3 is 2.24 bits per heavy atom. The lowest BCUT2D eigenvalue weighted by Gasteiger charge is -2.20. The van der Waals surface area contributed by atoms with Crippen molar-refractivity contribution in [2.75, 3.05) is 0 Å². The van der Waals surface area contributed by atoms with Gasteiger partial charge in [0, 0.05) is 11.1 Å². The van der Waals surface area contributed by atoms with Gasteiger partial charge in [-0.05, 0) is 18.1 Å². The summed E-state index contributed by atoms with van der Waals surface area (Å²) in [4.78, 5) is 53.5. The average molecular weight is 502 g/mol. The molecule has 1 N–H and O–H groups in total. The molecule has 2 aromatic heterocycles. The van der Waals surface area contributed by atoms with E-state index in [4.69, 9.17) is 4.42 Å². The van der Waals surface area contributed by atoms with Gasteiger partial charge in [0.25, 0.3) is 5.89 Å². The number of carbonyl (C=O) groups is 2. The van der Waals surface area contributed by atoms with E-state index in [-0.39, 0.29) is 23.5 Å². The fraction of sp³-hybridized carbons (Fsp3) is 0.200. The van der Waals surface area contributed by atoms with Gasteiger partial charge in [-0.2, -0.15) is 0 Å². The predicted octanol–water partition coefficient (Wildman–Crippen LogP) is 2.89. The first kappa shape index (κ1) is 25.1. The molecule has 0 aliphatic carbocycles. The Labute approximate surface area is 210 Å². The molecule has 4 aromatic rings. The lowest BCUT2D eigenvalue weighted by Crippen LogP contribution is -2.46. The molecule has 0 spiro atoms. The van der Waals surface area contributed by atoms with E-state index in [1.807, 2.05) is 6.07 Å². The van der Waals surface area contributed by atoms with Crippen LogP contribution in [0.15, 0.2) is 76.1 Å². The van der Waals surface area contributed by atoms with Crippen LogP contribution in [0.2, 0.25) is 0 Å². The summed E-state index contributed by atoms with van der Waals surface area (Å²) in [6.45, 7) is 2.83. The van der Waals surface area contributed by atoms with Crippen molar-refractivity contribution in [2.24, 2.45) is 5.92 Å². The fourth-order valence-corrected chi connectivity index (χ4v) is 3.62. The normalized spacial score (nSPS) is 11.8. The number of carbonyl (C=O) groups excluding carboxylic acids is 2. The Balaban J connectivity index is 1.60. The number of Topliss-reactive ketones (excluding diaryl/α,β-unsaturated/α-hetero) is 1. The van der Waals surface area contributed by atoms with Crippen LogP contribution >= 0.6 is 0 Å². The van der Waals surface area contributed by atoms with Crippen LogP contribution in [-0.4, -0.2) is 42.4 Å². The molecule has 188 valence electrons. The molecule has 0 saturated carbocycles. The van der Waals surface area contributed by atoms with Crippen molar-refractivity contribution in [1.29, 1.82) is 0 Å². The van der Waals surface area contributed by atoms with Gasteiger partial charge in [-0.1, -0.05) is 62.4 Å². The van der Waals surface area contributed by atoms with Gasteiger partial charge >= 0.3 is 11.2 Å². The molecule has 2 heterocycles. The second-order valence-electron chi connectivity index (χ2n) is 8.41. The van der Waals surface area contributed by atoms with Gasteiger partial charge in [-0.25, -0.2) is 4.98 Å². The van der Waals surface area contributed by atoms with Crippen molar-refractivity contribution >= 4 is 17.4 Å². The molecule has 4 rings (SSSR count). The third-order valence-corrected chi connectivity index (χ3v) is 5.48. The Hall–Kier alpha value is -5.00. The van der Waals surface area contributed by atoms with Crippen LogP contribution in [0.5, 0.6) is 0 Å². The van der Waals surface area contributed by atoms with Crippen molar-refractivity contribution in [1.82, 2.24) is 25.1 Å². The fourth-order valence-electron chi connectivity index (χ4n) is 3.62. The largest absolute Gasteiger partial charge is 0.414 e. The zero-order valence-corrected chi connectivity index (χ0v) is 19.9. The van der Waals surface area contributed by atoms with Gasteiger partial charge < -0.3 is 9.73 Å². The van der Waals surface area contributed by atoms with Gasteiger partial charge in [-0.3, -0.25) is 29.1 Å². The highest BCUT2D eigenvalue weighted by atomic mass is 16.6. The summed E-state index contributed by atoms with van der Waals surface area (Å²) in [6, 6.07) is 16.3. The molecule has 0 aliphatic rings. The van der Waals surface area contributed by atoms with E-state index < -0.39 is 40.4 Å². The Morgan fingerprint density at radius 2 is 1.65 bits per heavy atom. The predicted molar refractivity (Wildman–Crippen MR) is 131 cm³/mol. The minimum Gasteiger partial charge on any atom is -0.414 e. The zero-order chi connectivity index (χ0) is 26.5. The molecule has 0 saturated heterocycles. The summed E-state index contributed by atoms with van der Waals surface area (Å²) < 4.78 is 6.44. The summed E-state index contributed by atoms with van der Waals surface area (Å²) >= 11 is 0. The standard InChI is InChI=1S/C25H22N6O6/c1-15(2)20(21(33)24-29-28-23(37-24)17-11-7-4-8-12-17)27-19(32)14-30-22(16-9-5-3-6-10-16)26-13-18(25(30)34)31(35)36/h3-13,15,20H,14H2,1-2H3,(H,27,32). The van der Waals surface area contributed by atoms with E-state index in [9.17, 15) is 24.5 Å². The third kappa shape index (κ3) is 5.48. The highest BCUT2D eigenvalue weighted by Gasteiger charge is 2.30. The van der Waals surface area contributed by atoms with Crippen LogP contribution in [0, 0.1) is 16.0 Å². The van der Waals surface area contributed by atoms with Crippen LogP contribution in [0.4, 0.5) is 5.69 Å². The molecular weight excluding hydrogens is 480 g/mol. The lowest BCUT2D eigenvalue weighted by molar-refractivity contribution is -0.386. The molecule has 0 radical (unpaired) electrons. The van der Waals surface area contributed by atoms with Gasteiger partial charge in [0.1, 0.15) is 18.6 Å². The van der Waals surface area contributed by atoms with E-state index in [2.05, 4.69) is 20.5 Å². The van der Waals surface area contributed by atoms with Gasteiger partial charge in [0.15, 0.2) is 0 Å². The number of hydrogen-bond donors (Lipinski definition) is 1. The number of amides is 1. The van der Waals surface area contributed by atoms with Crippen molar-refractivity contribution in [3.63, 3.8) is 0 Å². The van der Waals surface area contributed by atoms with Crippen LogP contribution in [0.25, 0.3) is 22.8 Å². The Bertz CT molecular complexity index is 1500. The van der Waals surface area contributed by atoms with Crippen LogP contribution in [0.3, 0.4) is 0 Å². The number of benzene rings is 2. The minimum absolute atomic E-state index is 0.0724. The lowest BCUT2D eigenvalue weighted by atomic mass is 9.99. The highest BCUT2D eigenvalue weighted by molar-refractivity contribution is 5.98. The number of nitrogens with one attached hydrogen (secondary N) is 1. The van der Waals surface area contributed by atoms with Gasteiger partial charge in [0.2, 0.25) is 17.6 Å². The van der Waals surface area contributed by atoms with Crippen LogP contribution < -0.4 is 10.9 Å². The van der Waals surface area contributed by atoms with Gasteiger partial charge in [0.05, 0.1) is 11.0 Å². The molecule has 2 aromatic carbocycles. The smallest absolute Gasteiger partial charge is 0.352 e. The highest BCUT2D eigenvalue weighted by Crippen LogP contribution is 2.20. The quantitative estimate of drug-likeness (QED) is 0.206. The maximum atomic E-state index is 13.1. The summed E-state index contributed by atoms with van der Waals surface area (Å²) in [7, 11) is 0. The maximum absolute atomic E-state index is 13.1. The number of rotatable bonds is 9. The topological polar surface area (TPSA) is 163 Å². The second-order valence-corrected chi connectivity index (χ2v) is 8.41. The zero-order valence-electron chi connectivity index (χ0n) is 19.9. The van der Waals surface area contributed by atoms with E-state index in [0.717, 1.165) is 10.8 Å². The molecule has 0 fully saturated rings. The number of aromatic nitrogens is 4. The van der Waals surface area contributed by atoms with Crippen molar-refractivity contribution in [2.45, 2.75) is 26.4 Å². The average Bonchev–Trinajstić information content (AvgIpc) is 3.39. The van der Waals surface area contributed by atoms with Gasteiger partial charge in [-0.15, -0.1) is 10.2 Å². The first-order valence-electron chi connectivity index (χ1n) is 11.3. The number of nitro groups is 1. The molecule has 1 atom stereocenters. The molecule has 0 aliphatic heterocycles. The molecule has 37 heavy (non-hydrogen) atoms. The minimum atomic E-state index is -1.06. The summed E-state index contributed by atoms with van der Waals surface area (Å²) in [5.41, 5.74) is -0.655. The molecule has 12 nitrogen and oxygen atoms in total. The van der Waals surface area contributed by atoms with Crippen molar-refractivity contribution < 1.29 is 18.9 Å². The molecule has 0 bridgehead atoms. The summed E-state index contributed by atoms with van der Waals surface area (Å²) in [6.07, 6.45) is 0.861.